The van der Waals surface area contributed by atoms with E-state index in [1.807, 2.05) is 12.1 Å². The summed E-state index contributed by atoms with van der Waals surface area (Å²) < 4.78 is 32.2. The molecule has 1 N–H and O–H groups in total. The Bertz CT molecular complexity index is 912. The van der Waals surface area contributed by atoms with Gasteiger partial charge in [-0.15, -0.1) is 0 Å². The van der Waals surface area contributed by atoms with Crippen molar-refractivity contribution >= 4 is 10.0 Å². The zero-order valence-corrected chi connectivity index (χ0v) is 18.4. The van der Waals surface area contributed by atoms with Gasteiger partial charge < -0.3 is 10.1 Å². The number of nitrogens with zero attached hydrogens (tertiary/aromatic N) is 2. The summed E-state index contributed by atoms with van der Waals surface area (Å²) in [7, 11) is -3.43. The van der Waals surface area contributed by atoms with Crippen LogP contribution >= 0.6 is 0 Å². The molecule has 0 radical (unpaired) electrons. The number of rotatable bonds is 7. The van der Waals surface area contributed by atoms with E-state index in [4.69, 9.17) is 4.74 Å². The van der Waals surface area contributed by atoms with Crippen molar-refractivity contribution < 1.29 is 13.2 Å². The molecule has 6 nitrogen and oxygen atoms in total. The largest absolute Gasteiger partial charge is 0.379 e. The predicted octanol–water partition coefficient (Wildman–Crippen LogP) is 2.46. The Balaban J connectivity index is 1.30. The minimum Gasteiger partial charge on any atom is -0.379 e. The molecule has 7 heteroatoms. The number of likely N-dealkylation sites (tertiary alicyclic amines) is 1. The van der Waals surface area contributed by atoms with Gasteiger partial charge in [0.2, 0.25) is 10.0 Å². The summed E-state index contributed by atoms with van der Waals surface area (Å²) in [5, 5.41) is 3.65. The third kappa shape index (κ3) is 5.10. The number of hydrogen-bond donors (Lipinski definition) is 1. The van der Waals surface area contributed by atoms with E-state index in [1.54, 1.807) is 12.1 Å². The van der Waals surface area contributed by atoms with E-state index in [-0.39, 0.29) is 0 Å². The van der Waals surface area contributed by atoms with Crippen LogP contribution in [0.4, 0.5) is 0 Å². The highest BCUT2D eigenvalue weighted by molar-refractivity contribution is 7.89. The number of benzene rings is 2. The summed E-state index contributed by atoms with van der Waals surface area (Å²) in [5.74, 6) is 0. The third-order valence-electron chi connectivity index (χ3n) is 6.06. The van der Waals surface area contributed by atoms with Crippen molar-refractivity contribution in [2.45, 2.75) is 43.4 Å². The van der Waals surface area contributed by atoms with Crippen LogP contribution in [0.2, 0.25) is 0 Å². The van der Waals surface area contributed by atoms with Crippen molar-refractivity contribution in [1.29, 1.82) is 0 Å². The summed E-state index contributed by atoms with van der Waals surface area (Å²) >= 11 is 0. The highest BCUT2D eigenvalue weighted by atomic mass is 32.2. The Morgan fingerprint density at radius 1 is 1.00 bits per heavy atom. The summed E-state index contributed by atoms with van der Waals surface area (Å²) in [6.45, 7) is 6.80. The first-order valence-electron chi connectivity index (χ1n) is 10.7. The summed E-state index contributed by atoms with van der Waals surface area (Å²) in [5.41, 5.74) is 2.45. The first kappa shape index (κ1) is 21.5. The van der Waals surface area contributed by atoms with E-state index in [0.717, 1.165) is 31.6 Å². The van der Waals surface area contributed by atoms with Crippen LogP contribution in [0.3, 0.4) is 0 Å². The number of morpholine rings is 1. The Hall–Kier alpha value is -1.77. The van der Waals surface area contributed by atoms with E-state index in [2.05, 4.69) is 47.5 Å². The first-order valence-corrected chi connectivity index (χ1v) is 12.1. The number of ether oxygens (including phenoxy) is 1. The topological polar surface area (TPSA) is 61.9 Å². The molecule has 2 aromatic rings. The number of hydrogen-bond acceptors (Lipinski definition) is 5. The van der Waals surface area contributed by atoms with Gasteiger partial charge in [0.25, 0.3) is 0 Å². The lowest BCUT2D eigenvalue weighted by Crippen LogP contribution is -2.40. The van der Waals surface area contributed by atoms with E-state index in [0.29, 0.717) is 43.3 Å². The smallest absolute Gasteiger partial charge is 0.243 e. The Morgan fingerprint density at radius 2 is 1.70 bits per heavy atom. The average molecular weight is 430 g/mol. The van der Waals surface area contributed by atoms with Crippen LogP contribution in [-0.2, 0) is 27.8 Å². The molecule has 162 valence electrons. The van der Waals surface area contributed by atoms with Gasteiger partial charge in [0.15, 0.2) is 0 Å². The van der Waals surface area contributed by atoms with Gasteiger partial charge in [0, 0.05) is 44.8 Å². The molecular weight excluding hydrogens is 398 g/mol. The van der Waals surface area contributed by atoms with Crippen molar-refractivity contribution in [3.63, 3.8) is 0 Å². The number of sulfonamides is 1. The maximum absolute atomic E-state index is 12.7. The maximum atomic E-state index is 12.7. The predicted molar refractivity (Wildman–Crippen MR) is 118 cm³/mol. The molecule has 2 fully saturated rings. The molecule has 0 unspecified atom stereocenters. The van der Waals surface area contributed by atoms with Gasteiger partial charge in [0.05, 0.1) is 18.1 Å². The zero-order chi connectivity index (χ0) is 21.0. The second-order valence-electron chi connectivity index (χ2n) is 8.24. The van der Waals surface area contributed by atoms with Crippen LogP contribution < -0.4 is 5.32 Å². The zero-order valence-electron chi connectivity index (χ0n) is 17.5. The monoisotopic (exact) mass is 429 g/mol. The Labute approximate surface area is 179 Å². The molecule has 0 spiro atoms. The highest BCUT2D eigenvalue weighted by Gasteiger charge is 2.29. The fourth-order valence-electron chi connectivity index (χ4n) is 4.26. The third-order valence-corrected chi connectivity index (χ3v) is 7.97. The molecule has 2 heterocycles. The summed E-state index contributed by atoms with van der Waals surface area (Å²) in [4.78, 5) is 2.88. The molecule has 30 heavy (non-hydrogen) atoms. The van der Waals surface area contributed by atoms with Crippen LogP contribution in [0.15, 0.2) is 59.5 Å². The molecule has 4 rings (SSSR count). The molecule has 2 aliphatic rings. The Kier molecular flexibility index (Phi) is 6.85. The van der Waals surface area contributed by atoms with E-state index in [9.17, 15) is 8.42 Å². The van der Waals surface area contributed by atoms with Gasteiger partial charge in [-0.3, -0.25) is 4.90 Å². The second kappa shape index (κ2) is 9.58. The normalized spacial score (nSPS) is 23.6. The number of nitrogens with one attached hydrogen (secondary N) is 1. The molecule has 0 aromatic heterocycles. The molecule has 0 aliphatic carbocycles. The van der Waals surface area contributed by atoms with Crippen molar-refractivity contribution in [3.05, 3.63) is 65.7 Å². The van der Waals surface area contributed by atoms with Gasteiger partial charge in [-0.1, -0.05) is 42.5 Å². The minimum atomic E-state index is -3.43. The second-order valence-corrected chi connectivity index (χ2v) is 10.2. The SMILES string of the molecule is C[C@H]1C[C@@H](NCc2ccc(S(=O)(=O)N3CCOCC3)cc2)CN1Cc1ccccc1. The summed E-state index contributed by atoms with van der Waals surface area (Å²) in [6, 6.07) is 18.9. The molecule has 2 aliphatic heterocycles. The van der Waals surface area contributed by atoms with Crippen molar-refractivity contribution in [3.8, 4) is 0 Å². The fraction of sp³-hybridized carbons (Fsp3) is 0.478. The summed E-state index contributed by atoms with van der Waals surface area (Å²) in [6.07, 6.45) is 1.12. The van der Waals surface area contributed by atoms with Gasteiger partial charge in [-0.25, -0.2) is 8.42 Å². The minimum absolute atomic E-state index is 0.358. The lowest BCUT2D eigenvalue weighted by molar-refractivity contribution is 0.0730. The van der Waals surface area contributed by atoms with Gasteiger partial charge in [-0.2, -0.15) is 4.31 Å². The molecule has 2 aromatic carbocycles. The van der Waals surface area contributed by atoms with Crippen LogP contribution in [0.1, 0.15) is 24.5 Å². The van der Waals surface area contributed by atoms with Gasteiger partial charge in [0.1, 0.15) is 0 Å². The van der Waals surface area contributed by atoms with Crippen molar-refractivity contribution in [2.75, 3.05) is 32.8 Å². The fourth-order valence-corrected chi connectivity index (χ4v) is 5.67. The molecule has 0 bridgehead atoms. The lowest BCUT2D eigenvalue weighted by Gasteiger charge is -2.26. The molecule has 2 saturated heterocycles. The van der Waals surface area contributed by atoms with E-state index < -0.39 is 10.0 Å². The standard InChI is InChI=1S/C23H31N3O3S/c1-19-15-22(18-25(19)17-21-5-3-2-4-6-21)24-16-20-7-9-23(10-8-20)30(27,28)26-11-13-29-14-12-26/h2-10,19,22,24H,11-18H2,1H3/t19-,22+/m0/s1. The average Bonchev–Trinajstić information content (AvgIpc) is 3.13. The van der Waals surface area contributed by atoms with Crippen molar-refractivity contribution in [2.24, 2.45) is 0 Å². The maximum Gasteiger partial charge on any atom is 0.243 e. The molecule has 0 amide bonds. The van der Waals surface area contributed by atoms with Crippen LogP contribution in [0.5, 0.6) is 0 Å². The Morgan fingerprint density at radius 3 is 2.40 bits per heavy atom. The van der Waals surface area contributed by atoms with Gasteiger partial charge >= 0.3 is 0 Å². The van der Waals surface area contributed by atoms with E-state index in [1.165, 1.54) is 9.87 Å². The molecule has 0 saturated carbocycles. The van der Waals surface area contributed by atoms with Crippen LogP contribution in [-0.4, -0.2) is 62.6 Å². The highest BCUT2D eigenvalue weighted by Crippen LogP contribution is 2.21. The lowest BCUT2D eigenvalue weighted by atomic mass is 10.1. The van der Waals surface area contributed by atoms with Crippen LogP contribution in [0.25, 0.3) is 0 Å². The first-order chi connectivity index (χ1) is 14.5. The van der Waals surface area contributed by atoms with E-state index >= 15 is 0 Å². The van der Waals surface area contributed by atoms with Gasteiger partial charge in [-0.05, 0) is 36.6 Å². The van der Waals surface area contributed by atoms with Crippen molar-refractivity contribution in [1.82, 2.24) is 14.5 Å². The molecular formula is C23H31N3O3S. The molecule has 2 atom stereocenters. The van der Waals surface area contributed by atoms with Crippen LogP contribution in [0, 0.1) is 0 Å². The quantitative estimate of drug-likeness (QED) is 0.733.